The van der Waals surface area contributed by atoms with Crippen LogP contribution in [0.3, 0.4) is 0 Å². The molecule has 36 heavy (non-hydrogen) atoms. The monoisotopic (exact) mass is 503 g/mol. The highest BCUT2D eigenvalue weighted by molar-refractivity contribution is 7.13. The molecule has 1 fully saturated rings. The highest BCUT2D eigenvalue weighted by Gasteiger charge is 2.30. The summed E-state index contributed by atoms with van der Waals surface area (Å²) in [5, 5.41) is 12.6. The van der Waals surface area contributed by atoms with Crippen molar-refractivity contribution in [1.29, 1.82) is 0 Å². The third kappa shape index (κ3) is 4.49. The van der Waals surface area contributed by atoms with Crippen LogP contribution in [0.25, 0.3) is 10.9 Å². The van der Waals surface area contributed by atoms with Gasteiger partial charge in [0.2, 0.25) is 5.91 Å². The Bertz CT molecular complexity index is 1470. The van der Waals surface area contributed by atoms with Crippen LogP contribution in [0.15, 0.2) is 54.0 Å². The molecule has 5 rings (SSSR count). The number of carboxylic acids is 1. The summed E-state index contributed by atoms with van der Waals surface area (Å²) in [6.07, 6.45) is 4.00. The number of nitrogens with zero attached hydrogens (tertiary/aromatic N) is 3. The summed E-state index contributed by atoms with van der Waals surface area (Å²) in [5.41, 5.74) is 2.27. The molecular formula is C27H25N3O5S. The molecule has 8 nitrogen and oxygen atoms in total. The minimum absolute atomic E-state index is 0.0335. The Kier molecular flexibility index (Phi) is 6.32. The third-order valence-electron chi connectivity index (χ3n) is 6.52. The van der Waals surface area contributed by atoms with Crippen LogP contribution in [0, 0.1) is 12.8 Å². The Morgan fingerprint density at radius 2 is 1.94 bits per heavy atom. The molecule has 184 valence electrons. The van der Waals surface area contributed by atoms with Crippen LogP contribution in [0.4, 0.5) is 5.13 Å². The average molecular weight is 504 g/mol. The Morgan fingerprint density at radius 3 is 2.61 bits per heavy atom. The van der Waals surface area contributed by atoms with Gasteiger partial charge in [0.15, 0.2) is 5.13 Å². The number of rotatable bonds is 8. The predicted octanol–water partition coefficient (Wildman–Crippen LogP) is 4.79. The van der Waals surface area contributed by atoms with E-state index in [0.717, 1.165) is 23.8 Å². The number of carbonyl (C=O) groups excluding carboxylic acids is 2. The zero-order chi connectivity index (χ0) is 25.4. The first-order chi connectivity index (χ1) is 17.4. The number of hydrogen-bond acceptors (Lipinski definition) is 6. The highest BCUT2D eigenvalue weighted by atomic mass is 32.1. The molecule has 1 aliphatic rings. The molecule has 2 aromatic heterocycles. The number of amides is 1. The maximum absolute atomic E-state index is 13.6. The molecule has 1 aliphatic carbocycles. The minimum Gasteiger partial charge on any atom is -0.497 e. The van der Waals surface area contributed by atoms with Crippen molar-refractivity contribution in [2.75, 3.05) is 18.6 Å². The van der Waals surface area contributed by atoms with Gasteiger partial charge in [-0.1, -0.05) is 6.07 Å². The normalized spacial score (nSPS) is 13.1. The van der Waals surface area contributed by atoms with E-state index in [0.29, 0.717) is 34.6 Å². The van der Waals surface area contributed by atoms with Crippen LogP contribution in [0.2, 0.25) is 0 Å². The molecule has 0 unspecified atom stereocenters. The number of anilines is 1. The van der Waals surface area contributed by atoms with Gasteiger partial charge in [-0.3, -0.25) is 19.1 Å². The Balaban J connectivity index is 1.58. The Morgan fingerprint density at radius 1 is 1.17 bits per heavy atom. The van der Waals surface area contributed by atoms with Crippen LogP contribution in [0.1, 0.15) is 44.8 Å². The van der Waals surface area contributed by atoms with Gasteiger partial charge >= 0.3 is 5.97 Å². The van der Waals surface area contributed by atoms with Gasteiger partial charge in [0, 0.05) is 34.8 Å². The molecule has 1 N–H and O–H groups in total. The molecule has 1 amide bonds. The molecule has 0 aliphatic heterocycles. The second kappa shape index (κ2) is 9.58. The van der Waals surface area contributed by atoms with Crippen LogP contribution < -0.4 is 9.64 Å². The van der Waals surface area contributed by atoms with Gasteiger partial charge in [-0.15, -0.1) is 11.3 Å². The number of benzene rings is 2. The maximum atomic E-state index is 13.6. The third-order valence-corrected chi connectivity index (χ3v) is 7.31. The van der Waals surface area contributed by atoms with Crippen LogP contribution in [-0.4, -0.2) is 46.1 Å². The molecule has 0 saturated heterocycles. The van der Waals surface area contributed by atoms with E-state index in [1.807, 2.05) is 18.4 Å². The number of aromatic nitrogens is 2. The molecule has 0 radical (unpaired) electrons. The quantitative estimate of drug-likeness (QED) is 0.371. The second-order valence-corrected chi connectivity index (χ2v) is 9.79. The number of carbonyl (C=O) groups is 3. The standard InChI is InChI=1S/C27H25N3O5S/c1-16-21(14-24(31)29(15-17-6-7-17)27-28-10-11-36-27)22-13-20(35-2)8-9-23(22)30(16)25(32)18-4-3-5-19(12-18)26(33)34/h3-5,8-13,17H,6-7,14-15H2,1-2H3,(H,33,34). The van der Waals surface area contributed by atoms with Crippen molar-refractivity contribution in [3.05, 3.63) is 76.4 Å². The second-order valence-electron chi connectivity index (χ2n) is 8.91. The summed E-state index contributed by atoms with van der Waals surface area (Å²) < 4.78 is 6.97. The van der Waals surface area contributed by atoms with Crippen molar-refractivity contribution in [1.82, 2.24) is 9.55 Å². The van der Waals surface area contributed by atoms with Crippen molar-refractivity contribution >= 4 is 45.2 Å². The van der Waals surface area contributed by atoms with Crippen LogP contribution in [-0.2, 0) is 11.2 Å². The van der Waals surface area contributed by atoms with Crippen molar-refractivity contribution < 1.29 is 24.2 Å². The van der Waals surface area contributed by atoms with E-state index in [-0.39, 0.29) is 29.4 Å². The molecule has 0 bridgehead atoms. The van der Waals surface area contributed by atoms with Gasteiger partial charge in [-0.2, -0.15) is 0 Å². The summed E-state index contributed by atoms with van der Waals surface area (Å²) in [6.45, 7) is 2.44. The lowest BCUT2D eigenvalue weighted by Gasteiger charge is -2.20. The van der Waals surface area contributed by atoms with E-state index in [9.17, 15) is 19.5 Å². The first-order valence-electron chi connectivity index (χ1n) is 11.6. The molecule has 2 heterocycles. The van der Waals surface area contributed by atoms with Gasteiger partial charge < -0.3 is 9.84 Å². The molecule has 4 aromatic rings. The highest BCUT2D eigenvalue weighted by Crippen LogP contribution is 2.34. The number of ether oxygens (including phenoxy) is 1. The van der Waals surface area contributed by atoms with Gasteiger partial charge in [0.25, 0.3) is 5.91 Å². The van der Waals surface area contributed by atoms with E-state index in [2.05, 4.69) is 4.98 Å². The van der Waals surface area contributed by atoms with Crippen molar-refractivity contribution in [3.63, 3.8) is 0 Å². The fourth-order valence-electron chi connectivity index (χ4n) is 4.43. The molecule has 2 aromatic carbocycles. The summed E-state index contributed by atoms with van der Waals surface area (Å²) in [4.78, 5) is 44.8. The van der Waals surface area contributed by atoms with E-state index in [4.69, 9.17) is 4.74 Å². The number of thiazole rings is 1. The lowest BCUT2D eigenvalue weighted by molar-refractivity contribution is -0.118. The first kappa shape index (κ1) is 23.7. The molecule has 0 atom stereocenters. The maximum Gasteiger partial charge on any atom is 0.335 e. The summed E-state index contributed by atoms with van der Waals surface area (Å²) >= 11 is 1.43. The van der Waals surface area contributed by atoms with E-state index >= 15 is 0 Å². The fraction of sp³-hybridized carbons (Fsp3) is 0.259. The van der Waals surface area contributed by atoms with E-state index in [1.165, 1.54) is 23.5 Å². The van der Waals surface area contributed by atoms with Crippen molar-refractivity contribution in [2.24, 2.45) is 5.92 Å². The van der Waals surface area contributed by atoms with Crippen LogP contribution >= 0.6 is 11.3 Å². The fourth-order valence-corrected chi connectivity index (χ4v) is 5.10. The van der Waals surface area contributed by atoms with E-state index < -0.39 is 5.97 Å². The van der Waals surface area contributed by atoms with Crippen molar-refractivity contribution in [3.8, 4) is 5.75 Å². The van der Waals surface area contributed by atoms with Gasteiger partial charge in [-0.05, 0) is 67.6 Å². The number of hydrogen-bond donors (Lipinski definition) is 1. The smallest absolute Gasteiger partial charge is 0.335 e. The Labute approximate surface area is 211 Å². The average Bonchev–Trinajstić information content (AvgIpc) is 3.47. The zero-order valence-corrected chi connectivity index (χ0v) is 20.7. The zero-order valence-electron chi connectivity index (χ0n) is 19.9. The molecule has 0 spiro atoms. The van der Waals surface area contributed by atoms with E-state index in [1.54, 1.807) is 47.0 Å². The van der Waals surface area contributed by atoms with Gasteiger partial charge in [0.1, 0.15) is 5.75 Å². The van der Waals surface area contributed by atoms with Gasteiger partial charge in [-0.25, -0.2) is 9.78 Å². The number of aromatic carboxylic acids is 1. The summed E-state index contributed by atoms with van der Waals surface area (Å²) in [6, 6.07) is 11.3. The number of fused-ring (bicyclic) bond motifs is 1. The minimum atomic E-state index is -1.10. The predicted molar refractivity (Wildman–Crippen MR) is 137 cm³/mol. The lowest BCUT2D eigenvalue weighted by atomic mass is 10.1. The largest absolute Gasteiger partial charge is 0.497 e. The summed E-state index contributed by atoms with van der Waals surface area (Å²) in [5.74, 6) is -0.444. The lowest BCUT2D eigenvalue weighted by Crippen LogP contribution is -2.34. The molecule has 9 heteroatoms. The molecular weight excluding hydrogens is 478 g/mol. The Hall–Kier alpha value is -3.98. The number of carboxylic acid groups (broad SMARTS) is 1. The SMILES string of the molecule is COc1ccc2c(c1)c(CC(=O)N(CC1CC1)c1nccs1)c(C)n2C(=O)c1cccc(C(=O)O)c1. The molecule has 1 saturated carbocycles. The van der Waals surface area contributed by atoms with Crippen molar-refractivity contribution in [2.45, 2.75) is 26.2 Å². The topological polar surface area (TPSA) is 102 Å². The first-order valence-corrected chi connectivity index (χ1v) is 12.5. The van der Waals surface area contributed by atoms with Gasteiger partial charge in [0.05, 0.1) is 24.6 Å². The van der Waals surface area contributed by atoms with Crippen LogP contribution in [0.5, 0.6) is 5.75 Å². The number of methoxy groups -OCH3 is 1. The summed E-state index contributed by atoms with van der Waals surface area (Å²) in [7, 11) is 1.57.